The number of para-hydroxylation sites is 1. The normalized spacial score (nSPS) is 15.0. The molecule has 1 fully saturated rings. The number of carbonyl (C=O) groups excluding carboxylic acids is 1. The molecule has 0 unspecified atom stereocenters. The van der Waals surface area contributed by atoms with Crippen molar-refractivity contribution >= 4 is 5.91 Å². The Morgan fingerprint density at radius 1 is 1.07 bits per heavy atom. The zero-order chi connectivity index (χ0) is 18.5. The number of nitrogens with zero attached hydrogens (tertiary/aromatic N) is 6. The van der Waals surface area contributed by atoms with Crippen LogP contribution in [-0.2, 0) is 6.54 Å². The van der Waals surface area contributed by atoms with Crippen molar-refractivity contribution in [2.45, 2.75) is 25.4 Å². The van der Waals surface area contributed by atoms with E-state index in [1.165, 1.54) is 0 Å². The highest BCUT2D eigenvalue weighted by atomic mass is 16.2. The van der Waals surface area contributed by atoms with E-state index in [4.69, 9.17) is 0 Å². The van der Waals surface area contributed by atoms with E-state index in [9.17, 15) is 4.79 Å². The summed E-state index contributed by atoms with van der Waals surface area (Å²) < 4.78 is 1.75. The minimum absolute atomic E-state index is 0.0730. The minimum atomic E-state index is 0.0730. The van der Waals surface area contributed by atoms with Crippen LogP contribution >= 0.6 is 0 Å². The number of amides is 1. The van der Waals surface area contributed by atoms with Crippen LogP contribution in [-0.4, -0.2) is 55.1 Å². The molecular formula is C19H21N7O. The second kappa shape index (κ2) is 8.05. The van der Waals surface area contributed by atoms with Crippen molar-refractivity contribution in [1.82, 2.24) is 35.4 Å². The van der Waals surface area contributed by atoms with Gasteiger partial charge in [-0.1, -0.05) is 18.2 Å². The van der Waals surface area contributed by atoms with Gasteiger partial charge >= 0.3 is 0 Å². The van der Waals surface area contributed by atoms with Gasteiger partial charge in [0.25, 0.3) is 5.91 Å². The quantitative estimate of drug-likeness (QED) is 0.738. The second-order valence-corrected chi connectivity index (χ2v) is 6.53. The summed E-state index contributed by atoms with van der Waals surface area (Å²) in [7, 11) is 0. The Balaban J connectivity index is 1.31. The zero-order valence-electron chi connectivity index (χ0n) is 14.9. The predicted molar refractivity (Wildman–Crippen MR) is 99.2 cm³/mol. The highest BCUT2D eigenvalue weighted by molar-refractivity contribution is 5.94. The molecule has 1 N–H and O–H groups in total. The third-order valence-corrected chi connectivity index (χ3v) is 4.79. The third-order valence-electron chi connectivity index (χ3n) is 4.79. The number of likely N-dealkylation sites (tertiary alicyclic amines) is 1. The van der Waals surface area contributed by atoms with Crippen LogP contribution in [0.4, 0.5) is 0 Å². The van der Waals surface area contributed by atoms with Gasteiger partial charge in [0.1, 0.15) is 0 Å². The molecule has 138 valence electrons. The number of carbonyl (C=O) groups is 1. The lowest BCUT2D eigenvalue weighted by Crippen LogP contribution is -2.44. The standard InChI is InChI=1S/C19H21N7O/c27-19(15-6-10-20-11-7-15)25-12-8-16(9-13-25)21-14-18-22-23-24-26(18)17-4-2-1-3-5-17/h1-7,10-11,16,21H,8-9,12-14H2. The molecule has 0 radical (unpaired) electrons. The molecule has 1 aromatic carbocycles. The predicted octanol–water partition coefficient (Wildman–Crippen LogP) is 1.45. The molecule has 2 aromatic heterocycles. The van der Waals surface area contributed by atoms with Gasteiger partial charge in [0, 0.05) is 37.1 Å². The summed E-state index contributed by atoms with van der Waals surface area (Å²) in [6, 6.07) is 13.7. The number of tetrazole rings is 1. The van der Waals surface area contributed by atoms with E-state index in [-0.39, 0.29) is 5.91 Å². The Kier molecular flexibility index (Phi) is 5.15. The summed E-state index contributed by atoms with van der Waals surface area (Å²) in [4.78, 5) is 18.4. The molecule has 27 heavy (non-hydrogen) atoms. The zero-order valence-corrected chi connectivity index (χ0v) is 14.9. The molecule has 4 rings (SSSR count). The molecular weight excluding hydrogens is 342 g/mol. The number of nitrogens with one attached hydrogen (secondary N) is 1. The molecule has 3 heterocycles. The van der Waals surface area contributed by atoms with E-state index in [1.807, 2.05) is 35.2 Å². The summed E-state index contributed by atoms with van der Waals surface area (Å²) in [5.41, 5.74) is 1.63. The molecule has 0 aliphatic carbocycles. The maximum atomic E-state index is 12.5. The van der Waals surface area contributed by atoms with Crippen molar-refractivity contribution in [1.29, 1.82) is 0 Å². The molecule has 0 saturated carbocycles. The average Bonchev–Trinajstić information content (AvgIpc) is 3.22. The lowest BCUT2D eigenvalue weighted by molar-refractivity contribution is 0.0704. The van der Waals surface area contributed by atoms with Crippen molar-refractivity contribution in [2.75, 3.05) is 13.1 Å². The van der Waals surface area contributed by atoms with Gasteiger partial charge in [-0.05, 0) is 47.5 Å². The number of aromatic nitrogens is 5. The van der Waals surface area contributed by atoms with Crippen LogP contribution in [0.3, 0.4) is 0 Å². The first-order valence-electron chi connectivity index (χ1n) is 9.06. The van der Waals surface area contributed by atoms with E-state index in [1.54, 1.807) is 29.2 Å². The van der Waals surface area contributed by atoms with Crippen molar-refractivity contribution in [3.63, 3.8) is 0 Å². The Morgan fingerprint density at radius 3 is 2.56 bits per heavy atom. The SMILES string of the molecule is O=C(c1ccncc1)N1CCC(NCc2nnnn2-c2ccccc2)CC1. The summed E-state index contributed by atoms with van der Waals surface area (Å²) in [6.45, 7) is 2.07. The van der Waals surface area contributed by atoms with Gasteiger partial charge in [-0.15, -0.1) is 5.10 Å². The lowest BCUT2D eigenvalue weighted by Gasteiger charge is -2.32. The molecule has 0 spiro atoms. The van der Waals surface area contributed by atoms with Crippen molar-refractivity contribution in [3.8, 4) is 5.69 Å². The van der Waals surface area contributed by atoms with Gasteiger partial charge in [-0.25, -0.2) is 0 Å². The second-order valence-electron chi connectivity index (χ2n) is 6.53. The first-order chi connectivity index (χ1) is 13.3. The Morgan fingerprint density at radius 2 is 1.81 bits per heavy atom. The summed E-state index contributed by atoms with van der Waals surface area (Å²) in [5, 5.41) is 15.5. The van der Waals surface area contributed by atoms with E-state index < -0.39 is 0 Å². The number of benzene rings is 1. The molecule has 0 bridgehead atoms. The van der Waals surface area contributed by atoms with Crippen LogP contribution < -0.4 is 5.32 Å². The summed E-state index contributed by atoms with van der Waals surface area (Å²) in [5.74, 6) is 0.848. The lowest BCUT2D eigenvalue weighted by atomic mass is 10.0. The number of hydrogen-bond donors (Lipinski definition) is 1. The van der Waals surface area contributed by atoms with Gasteiger partial charge in [0.2, 0.25) is 0 Å². The van der Waals surface area contributed by atoms with Crippen LogP contribution in [0.1, 0.15) is 29.0 Å². The van der Waals surface area contributed by atoms with E-state index in [0.717, 1.165) is 37.4 Å². The number of rotatable bonds is 5. The van der Waals surface area contributed by atoms with E-state index in [0.29, 0.717) is 18.2 Å². The van der Waals surface area contributed by atoms with Crippen LogP contribution in [0.2, 0.25) is 0 Å². The highest BCUT2D eigenvalue weighted by Gasteiger charge is 2.23. The minimum Gasteiger partial charge on any atom is -0.339 e. The molecule has 3 aromatic rings. The van der Waals surface area contributed by atoms with Crippen molar-refractivity contribution < 1.29 is 4.79 Å². The van der Waals surface area contributed by atoms with E-state index in [2.05, 4.69) is 25.8 Å². The molecule has 1 amide bonds. The number of pyridine rings is 1. The van der Waals surface area contributed by atoms with E-state index >= 15 is 0 Å². The maximum absolute atomic E-state index is 12.5. The molecule has 1 aliphatic rings. The fourth-order valence-electron chi connectivity index (χ4n) is 3.29. The Labute approximate surface area is 157 Å². The monoisotopic (exact) mass is 363 g/mol. The summed E-state index contributed by atoms with van der Waals surface area (Å²) >= 11 is 0. The molecule has 8 nitrogen and oxygen atoms in total. The Hall–Kier alpha value is -3.13. The maximum Gasteiger partial charge on any atom is 0.253 e. The van der Waals surface area contributed by atoms with Crippen LogP contribution in [0, 0.1) is 0 Å². The summed E-state index contributed by atoms with van der Waals surface area (Å²) in [6.07, 6.45) is 5.12. The fourth-order valence-corrected chi connectivity index (χ4v) is 3.29. The molecule has 1 aliphatic heterocycles. The Bertz CT molecular complexity index is 873. The van der Waals surface area contributed by atoms with Crippen LogP contribution in [0.5, 0.6) is 0 Å². The van der Waals surface area contributed by atoms with Crippen LogP contribution in [0.25, 0.3) is 5.69 Å². The van der Waals surface area contributed by atoms with Crippen molar-refractivity contribution in [3.05, 3.63) is 66.2 Å². The average molecular weight is 363 g/mol. The topological polar surface area (TPSA) is 88.8 Å². The number of hydrogen-bond acceptors (Lipinski definition) is 6. The molecule has 0 atom stereocenters. The van der Waals surface area contributed by atoms with Crippen molar-refractivity contribution in [2.24, 2.45) is 0 Å². The first-order valence-corrected chi connectivity index (χ1v) is 9.06. The largest absolute Gasteiger partial charge is 0.339 e. The van der Waals surface area contributed by atoms with Crippen LogP contribution in [0.15, 0.2) is 54.9 Å². The van der Waals surface area contributed by atoms with Gasteiger partial charge in [-0.3, -0.25) is 9.78 Å². The smallest absolute Gasteiger partial charge is 0.253 e. The van der Waals surface area contributed by atoms with Gasteiger partial charge in [-0.2, -0.15) is 4.68 Å². The van der Waals surface area contributed by atoms with Gasteiger partial charge in [0.05, 0.1) is 12.2 Å². The molecule has 1 saturated heterocycles. The number of piperidine rings is 1. The van der Waals surface area contributed by atoms with Gasteiger partial charge in [0.15, 0.2) is 5.82 Å². The third kappa shape index (κ3) is 4.01. The molecule has 8 heteroatoms. The fraction of sp³-hybridized carbons (Fsp3) is 0.316. The first kappa shape index (κ1) is 17.3. The van der Waals surface area contributed by atoms with Gasteiger partial charge < -0.3 is 10.2 Å². The highest BCUT2D eigenvalue weighted by Crippen LogP contribution is 2.14.